The summed E-state index contributed by atoms with van der Waals surface area (Å²) in [4.78, 5) is 31.3. The van der Waals surface area contributed by atoms with Crippen LogP contribution in [0.1, 0.15) is 27.5 Å². The molecule has 0 unspecified atom stereocenters. The number of furan rings is 1. The van der Waals surface area contributed by atoms with E-state index in [0.717, 1.165) is 11.1 Å². The normalized spacial score (nSPS) is 11.0. The zero-order valence-electron chi connectivity index (χ0n) is 14.5. The molecular weight excluding hydrogens is 348 g/mol. The van der Waals surface area contributed by atoms with Crippen LogP contribution in [0.2, 0.25) is 0 Å². The lowest BCUT2D eigenvalue weighted by atomic mass is 10.1. The van der Waals surface area contributed by atoms with Crippen molar-refractivity contribution in [2.75, 3.05) is 0 Å². The van der Waals surface area contributed by atoms with Crippen LogP contribution in [0.25, 0.3) is 11.2 Å². The minimum absolute atomic E-state index is 0.0663. The number of benzene rings is 1. The quantitative estimate of drug-likeness (QED) is 0.552. The van der Waals surface area contributed by atoms with E-state index in [9.17, 15) is 9.59 Å². The summed E-state index contributed by atoms with van der Waals surface area (Å²) in [6.45, 7) is 2.57. The van der Waals surface area contributed by atoms with Gasteiger partial charge in [0.15, 0.2) is 11.2 Å². The number of aromatic nitrogens is 5. The van der Waals surface area contributed by atoms with Crippen LogP contribution in [-0.2, 0) is 13.1 Å². The van der Waals surface area contributed by atoms with Gasteiger partial charge in [-0.05, 0) is 24.6 Å². The molecule has 1 amide bonds. The fourth-order valence-electron chi connectivity index (χ4n) is 2.60. The smallest absolute Gasteiger partial charge is 0.287 e. The summed E-state index contributed by atoms with van der Waals surface area (Å²) in [7, 11) is 0. The van der Waals surface area contributed by atoms with Crippen molar-refractivity contribution in [2.45, 2.75) is 20.0 Å². The summed E-state index contributed by atoms with van der Waals surface area (Å²) in [5.41, 5.74) is 1.85. The van der Waals surface area contributed by atoms with Gasteiger partial charge in [-0.1, -0.05) is 35.0 Å². The van der Waals surface area contributed by atoms with Crippen molar-refractivity contribution < 1.29 is 9.21 Å². The van der Waals surface area contributed by atoms with E-state index in [4.69, 9.17) is 4.42 Å². The summed E-state index contributed by atoms with van der Waals surface area (Å²) in [6.07, 6.45) is 1.54. The third kappa shape index (κ3) is 3.47. The lowest BCUT2D eigenvalue weighted by Gasteiger charge is -2.05. The molecule has 0 saturated carbocycles. The molecule has 0 spiro atoms. The molecule has 0 fully saturated rings. The molecule has 0 atom stereocenters. The Morgan fingerprint density at radius 3 is 2.81 bits per heavy atom. The topological polar surface area (TPSA) is 119 Å². The Bertz CT molecular complexity index is 1140. The fourth-order valence-corrected chi connectivity index (χ4v) is 2.60. The number of hydrogen-bond acceptors (Lipinski definition) is 6. The lowest BCUT2D eigenvalue weighted by molar-refractivity contribution is 0.0940. The van der Waals surface area contributed by atoms with Crippen LogP contribution >= 0.6 is 0 Å². The van der Waals surface area contributed by atoms with E-state index in [1.54, 1.807) is 18.4 Å². The second kappa shape index (κ2) is 6.87. The number of carbonyl (C=O) groups excluding carboxylic acids is 1. The highest BCUT2D eigenvalue weighted by atomic mass is 16.3. The van der Waals surface area contributed by atoms with Crippen molar-refractivity contribution in [1.82, 2.24) is 30.3 Å². The Balaban J connectivity index is 1.58. The standard InChI is InChI=1S/C18H16N6O3/c1-11-4-6-12(7-5-11)9-19-18(26)15-20-16-14(17(25)21-15)22-23-24(16)10-13-3-2-8-27-13/h2-8H,9-10H2,1H3,(H,19,26)(H,20,21,25). The highest BCUT2D eigenvalue weighted by Gasteiger charge is 2.16. The van der Waals surface area contributed by atoms with Gasteiger partial charge in [-0.15, -0.1) is 5.10 Å². The van der Waals surface area contributed by atoms with Gasteiger partial charge in [-0.3, -0.25) is 9.59 Å². The molecule has 0 saturated heterocycles. The highest BCUT2D eigenvalue weighted by molar-refractivity contribution is 5.91. The summed E-state index contributed by atoms with van der Waals surface area (Å²) in [6, 6.07) is 11.3. The zero-order chi connectivity index (χ0) is 18.8. The first-order valence-electron chi connectivity index (χ1n) is 8.30. The Morgan fingerprint density at radius 2 is 2.07 bits per heavy atom. The Hall–Kier alpha value is -3.75. The molecule has 3 heterocycles. The SMILES string of the molecule is Cc1ccc(CNC(=O)c2nc3c(nnn3Cc3ccco3)c(=O)[nH]2)cc1. The van der Waals surface area contributed by atoms with Gasteiger partial charge in [0.1, 0.15) is 12.3 Å². The number of carbonyl (C=O) groups is 1. The monoisotopic (exact) mass is 364 g/mol. The molecule has 9 nitrogen and oxygen atoms in total. The van der Waals surface area contributed by atoms with Crippen molar-refractivity contribution in [3.8, 4) is 0 Å². The summed E-state index contributed by atoms with van der Waals surface area (Å²) >= 11 is 0. The van der Waals surface area contributed by atoms with Gasteiger partial charge < -0.3 is 14.7 Å². The molecule has 3 aromatic heterocycles. The molecule has 1 aromatic carbocycles. The maximum Gasteiger partial charge on any atom is 0.287 e. The molecule has 9 heteroatoms. The lowest BCUT2D eigenvalue weighted by Crippen LogP contribution is -2.27. The molecule has 0 aliphatic heterocycles. The minimum Gasteiger partial charge on any atom is -0.467 e. The van der Waals surface area contributed by atoms with E-state index >= 15 is 0 Å². The molecule has 27 heavy (non-hydrogen) atoms. The highest BCUT2D eigenvalue weighted by Crippen LogP contribution is 2.08. The molecule has 0 radical (unpaired) electrons. The number of aromatic amines is 1. The van der Waals surface area contributed by atoms with Gasteiger partial charge in [-0.25, -0.2) is 9.67 Å². The van der Waals surface area contributed by atoms with Crippen molar-refractivity contribution in [2.24, 2.45) is 0 Å². The Morgan fingerprint density at radius 1 is 1.26 bits per heavy atom. The van der Waals surface area contributed by atoms with Crippen LogP contribution < -0.4 is 10.9 Å². The predicted molar refractivity (Wildman–Crippen MR) is 96.1 cm³/mol. The average Bonchev–Trinajstić information content (AvgIpc) is 3.32. The maximum atomic E-state index is 12.4. The van der Waals surface area contributed by atoms with E-state index < -0.39 is 11.5 Å². The summed E-state index contributed by atoms with van der Waals surface area (Å²) in [5, 5.41) is 10.5. The van der Waals surface area contributed by atoms with Gasteiger partial charge in [0.25, 0.3) is 11.5 Å². The summed E-state index contributed by atoms with van der Waals surface area (Å²) in [5.74, 6) is 0.0529. The first-order valence-corrected chi connectivity index (χ1v) is 8.30. The van der Waals surface area contributed by atoms with E-state index in [1.807, 2.05) is 31.2 Å². The van der Waals surface area contributed by atoms with Gasteiger partial charge in [0, 0.05) is 6.54 Å². The molecule has 4 rings (SSSR count). The van der Waals surface area contributed by atoms with E-state index in [0.29, 0.717) is 12.3 Å². The number of rotatable bonds is 5. The first-order chi connectivity index (χ1) is 13.1. The molecule has 4 aromatic rings. The van der Waals surface area contributed by atoms with Crippen LogP contribution in [0, 0.1) is 6.92 Å². The molecular formula is C18H16N6O3. The third-order valence-corrected chi connectivity index (χ3v) is 4.05. The van der Waals surface area contributed by atoms with Gasteiger partial charge >= 0.3 is 0 Å². The maximum absolute atomic E-state index is 12.4. The Kier molecular flexibility index (Phi) is 4.25. The van der Waals surface area contributed by atoms with Gasteiger partial charge in [0.05, 0.1) is 6.26 Å². The second-order valence-electron chi connectivity index (χ2n) is 6.08. The first kappa shape index (κ1) is 16.7. The second-order valence-corrected chi connectivity index (χ2v) is 6.08. The molecule has 0 aliphatic rings. The molecule has 136 valence electrons. The van der Waals surface area contributed by atoms with Crippen molar-refractivity contribution >= 4 is 17.1 Å². The average molecular weight is 364 g/mol. The van der Waals surface area contributed by atoms with Gasteiger partial charge in [-0.2, -0.15) is 0 Å². The Labute approximate surface area is 153 Å². The molecule has 0 bridgehead atoms. The van der Waals surface area contributed by atoms with E-state index in [-0.39, 0.29) is 23.5 Å². The largest absolute Gasteiger partial charge is 0.467 e. The predicted octanol–water partition coefficient (Wildman–Crippen LogP) is 1.39. The van der Waals surface area contributed by atoms with Gasteiger partial charge in [0.2, 0.25) is 5.82 Å². The minimum atomic E-state index is -0.522. The van der Waals surface area contributed by atoms with Crippen molar-refractivity contribution in [1.29, 1.82) is 0 Å². The van der Waals surface area contributed by atoms with Crippen molar-refractivity contribution in [3.63, 3.8) is 0 Å². The van der Waals surface area contributed by atoms with Crippen LogP contribution in [0.4, 0.5) is 0 Å². The van der Waals surface area contributed by atoms with Crippen LogP contribution in [0.3, 0.4) is 0 Å². The van der Waals surface area contributed by atoms with Crippen LogP contribution in [0.15, 0.2) is 51.9 Å². The molecule has 2 N–H and O–H groups in total. The van der Waals surface area contributed by atoms with Crippen LogP contribution in [0.5, 0.6) is 0 Å². The van der Waals surface area contributed by atoms with E-state index in [1.165, 1.54) is 4.68 Å². The van der Waals surface area contributed by atoms with Crippen LogP contribution in [-0.4, -0.2) is 30.9 Å². The van der Waals surface area contributed by atoms with E-state index in [2.05, 4.69) is 25.6 Å². The number of nitrogens with zero attached hydrogens (tertiary/aromatic N) is 4. The molecule has 0 aliphatic carbocycles. The fraction of sp³-hybridized carbons (Fsp3) is 0.167. The number of aryl methyl sites for hydroxylation is 1. The number of amides is 1. The number of H-pyrrole nitrogens is 1. The van der Waals surface area contributed by atoms with Crippen molar-refractivity contribution in [3.05, 3.63) is 75.7 Å². The number of nitrogens with one attached hydrogen (secondary N) is 2. The zero-order valence-corrected chi connectivity index (χ0v) is 14.5. The summed E-state index contributed by atoms with van der Waals surface area (Å²) < 4.78 is 6.69. The third-order valence-electron chi connectivity index (χ3n) is 4.05. The number of hydrogen-bond donors (Lipinski definition) is 2. The number of fused-ring (bicyclic) bond motifs is 1.